The first kappa shape index (κ1) is 16.2. The van der Waals surface area contributed by atoms with E-state index in [-0.39, 0.29) is 5.38 Å². The Morgan fingerprint density at radius 2 is 1.59 bits per heavy atom. The summed E-state index contributed by atoms with van der Waals surface area (Å²) >= 11 is 5.87. The van der Waals surface area contributed by atoms with Crippen molar-refractivity contribution >= 4 is 11.6 Å². The predicted octanol–water partition coefficient (Wildman–Crippen LogP) is 4.50. The molecular weight excluding hydrogens is 230 g/mol. The Bertz CT molecular complexity index is 275. The van der Waals surface area contributed by atoms with E-state index >= 15 is 0 Å². The molecule has 1 aromatic rings. The van der Waals surface area contributed by atoms with E-state index in [1.54, 1.807) is 6.08 Å². The van der Waals surface area contributed by atoms with Crippen molar-refractivity contribution in [3.63, 3.8) is 0 Å². The number of rotatable bonds is 5. The Hall–Kier alpha value is -0.790. The minimum Gasteiger partial charge on any atom is -0.304 e. The van der Waals surface area contributed by atoms with Crippen molar-refractivity contribution in [2.45, 2.75) is 26.1 Å². The van der Waals surface area contributed by atoms with Crippen molar-refractivity contribution in [3.05, 3.63) is 48.6 Å². The molecule has 96 valence electrons. The molecule has 0 aliphatic heterocycles. The maximum Gasteiger partial charge on any atom is 0.0763 e. The Labute approximate surface area is 111 Å². The topological polar surface area (TPSA) is 3.24 Å². The Morgan fingerprint density at radius 1 is 1.12 bits per heavy atom. The second-order valence-electron chi connectivity index (χ2n) is 3.67. The van der Waals surface area contributed by atoms with Crippen molar-refractivity contribution in [2.24, 2.45) is 0 Å². The van der Waals surface area contributed by atoms with Gasteiger partial charge in [-0.25, -0.2) is 0 Å². The number of hydrogen-bond donors (Lipinski definition) is 0. The molecule has 17 heavy (non-hydrogen) atoms. The summed E-state index contributed by atoms with van der Waals surface area (Å²) in [6.45, 7) is 13.7. The van der Waals surface area contributed by atoms with Crippen molar-refractivity contribution in [1.29, 1.82) is 0 Å². The van der Waals surface area contributed by atoms with Crippen molar-refractivity contribution in [1.82, 2.24) is 4.90 Å². The molecule has 0 N–H and O–H groups in total. The minimum absolute atomic E-state index is 0.0544. The zero-order valence-electron chi connectivity index (χ0n) is 11.2. The lowest BCUT2D eigenvalue weighted by Crippen LogP contribution is -2.21. The number of halogens is 1. The van der Waals surface area contributed by atoms with Gasteiger partial charge in [0.25, 0.3) is 0 Å². The number of alkyl halides is 1. The monoisotopic (exact) mass is 253 g/mol. The van der Waals surface area contributed by atoms with E-state index in [9.17, 15) is 0 Å². The van der Waals surface area contributed by atoms with E-state index in [1.165, 1.54) is 19.6 Å². The van der Waals surface area contributed by atoms with Crippen molar-refractivity contribution < 1.29 is 0 Å². The fourth-order valence-electron chi connectivity index (χ4n) is 1.44. The van der Waals surface area contributed by atoms with Crippen LogP contribution in [0.25, 0.3) is 0 Å². The zero-order chi connectivity index (χ0) is 13.1. The van der Waals surface area contributed by atoms with Crippen LogP contribution in [0.2, 0.25) is 0 Å². The summed E-state index contributed by atoms with van der Waals surface area (Å²) in [6.07, 6.45) is 1.72. The third-order valence-corrected chi connectivity index (χ3v) is 3.10. The highest BCUT2D eigenvalue weighted by Gasteiger charge is 1.98. The zero-order valence-corrected chi connectivity index (χ0v) is 12.0. The quantitative estimate of drug-likeness (QED) is 0.552. The van der Waals surface area contributed by atoms with Gasteiger partial charge in [-0.15, -0.1) is 18.2 Å². The lowest BCUT2D eigenvalue weighted by Gasteiger charge is -2.13. The summed E-state index contributed by atoms with van der Waals surface area (Å²) < 4.78 is 0. The van der Waals surface area contributed by atoms with Crippen LogP contribution in [0.1, 0.15) is 31.7 Å². The maximum absolute atomic E-state index is 5.87. The molecular formula is C15H24ClN. The number of benzene rings is 1. The van der Waals surface area contributed by atoms with Crippen LogP contribution in [0.4, 0.5) is 0 Å². The molecule has 0 saturated heterocycles. The van der Waals surface area contributed by atoms with Crippen LogP contribution in [-0.4, -0.2) is 24.5 Å². The molecule has 0 aliphatic rings. The first-order chi connectivity index (χ1) is 8.19. The molecule has 0 amide bonds. The highest BCUT2D eigenvalue weighted by atomic mass is 35.5. The molecule has 1 atom stereocenters. The molecule has 1 aromatic carbocycles. The molecule has 2 heteroatoms. The smallest absolute Gasteiger partial charge is 0.0763 e. The van der Waals surface area contributed by atoms with Gasteiger partial charge in [-0.05, 0) is 25.2 Å². The third-order valence-electron chi connectivity index (χ3n) is 2.67. The van der Waals surface area contributed by atoms with E-state index in [4.69, 9.17) is 11.6 Å². The van der Waals surface area contributed by atoms with Crippen LogP contribution in [0.3, 0.4) is 0 Å². The van der Waals surface area contributed by atoms with Crippen LogP contribution in [0.5, 0.6) is 0 Å². The summed E-state index contributed by atoms with van der Waals surface area (Å²) in [5.74, 6) is 0. The summed E-state index contributed by atoms with van der Waals surface area (Å²) in [4.78, 5) is 2.38. The van der Waals surface area contributed by atoms with Gasteiger partial charge in [-0.1, -0.05) is 57.2 Å². The maximum atomic E-state index is 5.87. The van der Waals surface area contributed by atoms with E-state index < -0.39 is 0 Å². The predicted molar refractivity (Wildman–Crippen MR) is 78.7 cm³/mol. The molecule has 0 bridgehead atoms. The van der Waals surface area contributed by atoms with Crippen LogP contribution >= 0.6 is 11.6 Å². The Kier molecular flexibility index (Phi) is 9.89. The average Bonchev–Trinajstić information content (AvgIpc) is 2.41. The molecule has 0 heterocycles. The van der Waals surface area contributed by atoms with Gasteiger partial charge >= 0.3 is 0 Å². The second kappa shape index (κ2) is 10.4. The van der Waals surface area contributed by atoms with Gasteiger partial charge in [-0.3, -0.25) is 0 Å². The lowest BCUT2D eigenvalue weighted by molar-refractivity contribution is 0.321. The highest BCUT2D eigenvalue weighted by molar-refractivity contribution is 6.21. The molecule has 0 fully saturated rings. The Balaban J connectivity index is 0.000000325. The van der Waals surface area contributed by atoms with Gasteiger partial charge in [0.05, 0.1) is 5.38 Å². The van der Waals surface area contributed by atoms with Gasteiger partial charge < -0.3 is 4.90 Å². The van der Waals surface area contributed by atoms with Crippen LogP contribution in [0, 0.1) is 0 Å². The SMILES string of the molecule is C=CC(Cl)c1ccccc1.CCN(CC)CC. The molecule has 0 spiro atoms. The van der Waals surface area contributed by atoms with Crippen molar-refractivity contribution in [2.75, 3.05) is 19.6 Å². The number of hydrogen-bond acceptors (Lipinski definition) is 1. The molecule has 0 aliphatic carbocycles. The molecule has 1 nitrogen and oxygen atoms in total. The first-order valence-corrected chi connectivity index (χ1v) is 6.67. The average molecular weight is 254 g/mol. The van der Waals surface area contributed by atoms with Gasteiger partial charge in [0.15, 0.2) is 0 Å². The van der Waals surface area contributed by atoms with Crippen LogP contribution in [-0.2, 0) is 0 Å². The summed E-state index contributed by atoms with van der Waals surface area (Å²) in [6, 6.07) is 9.87. The summed E-state index contributed by atoms with van der Waals surface area (Å²) in [5, 5.41) is -0.0544. The van der Waals surface area contributed by atoms with E-state index in [0.717, 1.165) is 5.56 Å². The molecule has 0 aromatic heterocycles. The summed E-state index contributed by atoms with van der Waals surface area (Å²) in [7, 11) is 0. The lowest BCUT2D eigenvalue weighted by atomic mass is 10.1. The normalized spacial score (nSPS) is 11.6. The van der Waals surface area contributed by atoms with Gasteiger partial charge in [0.2, 0.25) is 0 Å². The van der Waals surface area contributed by atoms with E-state index in [1.807, 2.05) is 30.3 Å². The fourth-order valence-corrected chi connectivity index (χ4v) is 1.59. The Morgan fingerprint density at radius 3 is 1.88 bits per heavy atom. The number of allylic oxidation sites excluding steroid dienone is 1. The highest BCUT2D eigenvalue weighted by Crippen LogP contribution is 2.19. The standard InChI is InChI=1S/C9H9Cl.C6H15N/c1-2-9(10)8-6-4-3-5-7-8;1-4-7(5-2)6-3/h2-7,9H,1H2;4-6H2,1-3H3. The fraction of sp³-hybridized carbons (Fsp3) is 0.467. The molecule has 1 rings (SSSR count). The largest absolute Gasteiger partial charge is 0.304 e. The van der Waals surface area contributed by atoms with E-state index in [2.05, 4.69) is 32.3 Å². The minimum atomic E-state index is -0.0544. The van der Waals surface area contributed by atoms with E-state index in [0.29, 0.717) is 0 Å². The van der Waals surface area contributed by atoms with Gasteiger partial charge in [-0.2, -0.15) is 0 Å². The van der Waals surface area contributed by atoms with Crippen LogP contribution in [0.15, 0.2) is 43.0 Å². The van der Waals surface area contributed by atoms with Crippen molar-refractivity contribution in [3.8, 4) is 0 Å². The molecule has 0 saturated carbocycles. The second-order valence-corrected chi connectivity index (χ2v) is 4.14. The molecule has 1 unspecified atom stereocenters. The molecule has 0 radical (unpaired) electrons. The van der Waals surface area contributed by atoms with Gasteiger partial charge in [0, 0.05) is 0 Å². The number of nitrogens with zero attached hydrogens (tertiary/aromatic N) is 1. The van der Waals surface area contributed by atoms with Gasteiger partial charge in [0.1, 0.15) is 0 Å². The van der Waals surface area contributed by atoms with Crippen LogP contribution < -0.4 is 0 Å². The third kappa shape index (κ3) is 7.19. The first-order valence-electron chi connectivity index (χ1n) is 6.23. The summed E-state index contributed by atoms with van der Waals surface area (Å²) in [5.41, 5.74) is 1.10.